The zero-order valence-corrected chi connectivity index (χ0v) is 22.7. The molecule has 38 heavy (non-hydrogen) atoms. The van der Waals surface area contributed by atoms with E-state index in [4.69, 9.17) is 37.4 Å². The van der Waals surface area contributed by atoms with Gasteiger partial charge < -0.3 is 24.6 Å². The van der Waals surface area contributed by atoms with Crippen molar-refractivity contribution in [2.75, 3.05) is 19.5 Å². The van der Waals surface area contributed by atoms with Crippen molar-refractivity contribution in [1.82, 2.24) is 4.98 Å². The number of benzene rings is 2. The predicted molar refractivity (Wildman–Crippen MR) is 145 cm³/mol. The number of anilines is 1. The minimum absolute atomic E-state index is 0.155. The zero-order valence-electron chi connectivity index (χ0n) is 20.3. The zero-order chi connectivity index (χ0) is 27.2. The Balaban J connectivity index is 1.56. The van der Waals surface area contributed by atoms with Gasteiger partial charge in [-0.25, -0.2) is 9.18 Å². The number of hydrogen-bond acceptors (Lipinski definition) is 8. The van der Waals surface area contributed by atoms with Gasteiger partial charge in [-0.1, -0.05) is 35.3 Å². The number of phenolic OH excluding ortho intramolecular Hbond substituents is 1. The van der Waals surface area contributed by atoms with Gasteiger partial charge in [-0.15, -0.1) is 11.3 Å². The number of nitrogens with one attached hydrogen (secondary N) is 1. The van der Waals surface area contributed by atoms with Crippen LogP contribution >= 0.6 is 34.5 Å². The van der Waals surface area contributed by atoms with Gasteiger partial charge in [0.05, 0.1) is 30.0 Å². The minimum Gasteiger partial charge on any atom is -0.505 e. The van der Waals surface area contributed by atoms with Gasteiger partial charge in [-0.3, -0.25) is 4.98 Å². The van der Waals surface area contributed by atoms with Gasteiger partial charge in [-0.05, 0) is 47.5 Å². The van der Waals surface area contributed by atoms with Gasteiger partial charge in [0.25, 0.3) is 0 Å². The van der Waals surface area contributed by atoms with Crippen LogP contribution < -0.4 is 14.8 Å². The third-order valence-electron chi connectivity index (χ3n) is 5.66. The Morgan fingerprint density at radius 2 is 1.82 bits per heavy atom. The van der Waals surface area contributed by atoms with Crippen LogP contribution in [0.5, 0.6) is 17.2 Å². The summed E-state index contributed by atoms with van der Waals surface area (Å²) in [6, 6.07) is 12.9. The molecule has 0 unspecified atom stereocenters. The summed E-state index contributed by atoms with van der Waals surface area (Å²) in [5.74, 6) is -0.733. The third-order valence-corrected chi connectivity index (χ3v) is 7.38. The number of hydrogen-bond donors (Lipinski definition) is 2. The van der Waals surface area contributed by atoms with E-state index < -0.39 is 23.6 Å². The van der Waals surface area contributed by atoms with Crippen molar-refractivity contribution >= 4 is 46.2 Å². The van der Waals surface area contributed by atoms with Crippen LogP contribution in [0.25, 0.3) is 0 Å². The highest BCUT2D eigenvalue weighted by atomic mass is 35.5. The van der Waals surface area contributed by atoms with Gasteiger partial charge in [0.2, 0.25) is 0 Å². The van der Waals surface area contributed by atoms with Gasteiger partial charge in [-0.2, -0.15) is 0 Å². The van der Waals surface area contributed by atoms with E-state index in [2.05, 4.69) is 10.3 Å². The summed E-state index contributed by atoms with van der Waals surface area (Å²) in [5, 5.41) is 13.2. The highest BCUT2D eigenvalue weighted by molar-refractivity contribution is 7.13. The predicted octanol–water partition coefficient (Wildman–Crippen LogP) is 7.06. The molecule has 0 saturated heterocycles. The molecule has 2 heterocycles. The minimum atomic E-state index is -0.759. The van der Waals surface area contributed by atoms with Crippen LogP contribution in [-0.2, 0) is 17.7 Å². The van der Waals surface area contributed by atoms with Gasteiger partial charge in [0.15, 0.2) is 23.1 Å². The molecular formula is C27H23Cl2FN2O5S. The molecule has 0 fully saturated rings. The lowest BCUT2D eigenvalue weighted by atomic mass is 10.0. The summed E-state index contributed by atoms with van der Waals surface area (Å²) in [7, 11) is 3.05. The maximum absolute atomic E-state index is 14.1. The lowest BCUT2D eigenvalue weighted by Gasteiger charge is -2.20. The van der Waals surface area contributed by atoms with Crippen LogP contribution in [0.15, 0.2) is 60.9 Å². The number of carbonyl (C=O) groups is 1. The summed E-state index contributed by atoms with van der Waals surface area (Å²) < 4.78 is 30.7. The van der Waals surface area contributed by atoms with Crippen LogP contribution in [0, 0.1) is 5.82 Å². The van der Waals surface area contributed by atoms with Gasteiger partial charge in [0.1, 0.15) is 11.0 Å². The molecule has 2 aromatic carbocycles. The van der Waals surface area contributed by atoms with Crippen molar-refractivity contribution < 1.29 is 28.5 Å². The molecule has 198 valence electrons. The highest BCUT2D eigenvalue weighted by Crippen LogP contribution is 2.36. The lowest BCUT2D eigenvalue weighted by molar-refractivity contribution is 0.0303. The molecule has 2 N–H and O–H groups in total. The largest absolute Gasteiger partial charge is 0.505 e. The van der Waals surface area contributed by atoms with Crippen molar-refractivity contribution in [3.8, 4) is 17.2 Å². The Kier molecular flexibility index (Phi) is 8.93. The van der Waals surface area contributed by atoms with Crippen molar-refractivity contribution in [2.45, 2.75) is 19.1 Å². The number of nitrogens with zero attached hydrogens (tertiary/aromatic N) is 1. The summed E-state index contributed by atoms with van der Waals surface area (Å²) in [4.78, 5) is 18.3. The molecule has 0 radical (unpaired) electrons. The Bertz CT molecular complexity index is 1430. The normalized spacial score (nSPS) is 11.6. The van der Waals surface area contributed by atoms with Crippen LogP contribution in [0.2, 0.25) is 10.0 Å². The van der Waals surface area contributed by atoms with E-state index in [1.165, 1.54) is 56.1 Å². The Labute approximate surface area is 232 Å². The number of esters is 1. The van der Waals surface area contributed by atoms with Crippen molar-refractivity contribution in [1.29, 1.82) is 0 Å². The van der Waals surface area contributed by atoms with Crippen LogP contribution in [0.4, 0.5) is 10.1 Å². The average Bonchev–Trinajstić information content (AvgIpc) is 3.40. The molecule has 4 aromatic rings. The van der Waals surface area contributed by atoms with E-state index in [1.807, 2.05) is 0 Å². The number of thiophene rings is 1. The van der Waals surface area contributed by atoms with E-state index in [9.17, 15) is 14.3 Å². The highest BCUT2D eigenvalue weighted by Gasteiger charge is 2.24. The van der Waals surface area contributed by atoms with E-state index in [0.717, 1.165) is 4.88 Å². The second-order valence-electron chi connectivity index (χ2n) is 8.05. The number of rotatable bonds is 10. The summed E-state index contributed by atoms with van der Waals surface area (Å²) in [5.41, 5.74) is 1.39. The van der Waals surface area contributed by atoms with Gasteiger partial charge in [0, 0.05) is 30.2 Å². The first kappa shape index (κ1) is 27.5. The topological polar surface area (TPSA) is 89.9 Å². The molecular weight excluding hydrogens is 554 g/mol. The Morgan fingerprint density at radius 3 is 2.53 bits per heavy atom. The number of phenols is 1. The SMILES string of the molecule is COc1ccc([C@H](Cc2c(Cl)cncc2Cl)OC(=O)c2ccc(CNc3cccc(O)c3F)s2)cc1OC. The lowest BCUT2D eigenvalue weighted by Crippen LogP contribution is -2.14. The van der Waals surface area contributed by atoms with E-state index in [-0.39, 0.29) is 18.7 Å². The number of ether oxygens (including phenoxy) is 3. The maximum atomic E-state index is 14.1. The van der Waals surface area contributed by atoms with E-state index >= 15 is 0 Å². The van der Waals surface area contributed by atoms with Crippen LogP contribution in [0.1, 0.15) is 31.8 Å². The molecule has 4 rings (SSSR count). The third kappa shape index (κ3) is 6.30. The number of halogens is 3. The monoisotopic (exact) mass is 576 g/mol. The van der Waals surface area contributed by atoms with Crippen molar-refractivity contribution in [3.05, 3.63) is 97.7 Å². The van der Waals surface area contributed by atoms with Crippen molar-refractivity contribution in [2.24, 2.45) is 0 Å². The quantitative estimate of drug-likeness (QED) is 0.195. The molecule has 0 aliphatic rings. The Hall–Kier alpha value is -3.53. The first-order chi connectivity index (χ1) is 18.3. The fourth-order valence-corrected chi connectivity index (χ4v) is 5.06. The summed E-state index contributed by atoms with van der Waals surface area (Å²) in [6.45, 7) is 0.250. The first-order valence-electron chi connectivity index (χ1n) is 11.3. The smallest absolute Gasteiger partial charge is 0.348 e. The summed E-state index contributed by atoms with van der Waals surface area (Å²) >= 11 is 13.9. The standard InChI is InChI=1S/C27H23Cl2FN2O5S/c1-35-22-8-6-15(10-24(22)36-2)23(11-17-18(28)13-31-14-19(17)29)37-27(34)25-9-7-16(38-25)12-32-20-4-3-5-21(33)26(20)30/h3-10,13-14,23,32-33H,11-12H2,1-2H3/t23-/m0/s1. The van der Waals surface area contributed by atoms with Crippen molar-refractivity contribution in [3.63, 3.8) is 0 Å². The average molecular weight is 577 g/mol. The number of methoxy groups -OCH3 is 2. The van der Waals surface area contributed by atoms with E-state index in [0.29, 0.717) is 37.5 Å². The molecule has 0 spiro atoms. The van der Waals surface area contributed by atoms with Gasteiger partial charge >= 0.3 is 5.97 Å². The fourth-order valence-electron chi connectivity index (χ4n) is 3.71. The molecule has 0 saturated carbocycles. The number of pyridine rings is 1. The summed E-state index contributed by atoms with van der Waals surface area (Å²) in [6.07, 6.45) is 2.39. The molecule has 1 atom stereocenters. The molecule has 0 aliphatic heterocycles. The molecule has 11 heteroatoms. The molecule has 0 bridgehead atoms. The fraction of sp³-hybridized carbons (Fsp3) is 0.185. The van der Waals surface area contributed by atoms with Crippen LogP contribution in [0.3, 0.4) is 0 Å². The maximum Gasteiger partial charge on any atom is 0.348 e. The second-order valence-corrected chi connectivity index (χ2v) is 10.0. The Morgan fingerprint density at radius 1 is 1.08 bits per heavy atom. The molecule has 2 aromatic heterocycles. The second kappa shape index (κ2) is 12.3. The number of aromatic hydroxyl groups is 1. The molecule has 7 nitrogen and oxygen atoms in total. The molecule has 0 aliphatic carbocycles. The number of carbonyl (C=O) groups excluding carboxylic acids is 1. The molecule has 0 amide bonds. The first-order valence-corrected chi connectivity index (χ1v) is 12.9. The van der Waals surface area contributed by atoms with E-state index in [1.54, 1.807) is 30.3 Å². The number of aromatic nitrogens is 1. The van der Waals surface area contributed by atoms with Crippen LogP contribution in [-0.4, -0.2) is 30.3 Å².